The second-order valence-electron chi connectivity index (χ2n) is 5.21. The zero-order valence-corrected chi connectivity index (χ0v) is 12.9. The average molecular weight is 262 g/mol. The van der Waals surface area contributed by atoms with E-state index < -0.39 is 0 Å². The van der Waals surface area contributed by atoms with E-state index >= 15 is 0 Å². The SMILES string of the molecule is CCN(CC)CC.c1ccc(C2CCCCC2)nc1. The summed E-state index contributed by atoms with van der Waals surface area (Å²) < 4.78 is 0. The molecule has 0 aromatic carbocycles. The monoisotopic (exact) mass is 262 g/mol. The quantitative estimate of drug-likeness (QED) is 0.795. The second kappa shape index (κ2) is 9.96. The fraction of sp³-hybridized carbons (Fsp3) is 0.706. The van der Waals surface area contributed by atoms with Gasteiger partial charge in [-0.25, -0.2) is 0 Å². The minimum atomic E-state index is 0.750. The van der Waals surface area contributed by atoms with Gasteiger partial charge < -0.3 is 4.90 Å². The zero-order valence-electron chi connectivity index (χ0n) is 12.9. The van der Waals surface area contributed by atoms with Crippen LogP contribution in [0.3, 0.4) is 0 Å². The van der Waals surface area contributed by atoms with Crippen molar-refractivity contribution in [1.82, 2.24) is 9.88 Å². The van der Waals surface area contributed by atoms with Gasteiger partial charge in [-0.1, -0.05) is 46.1 Å². The highest BCUT2D eigenvalue weighted by atomic mass is 15.1. The summed E-state index contributed by atoms with van der Waals surface area (Å²) >= 11 is 0. The topological polar surface area (TPSA) is 16.1 Å². The van der Waals surface area contributed by atoms with E-state index in [9.17, 15) is 0 Å². The average Bonchev–Trinajstić information content (AvgIpc) is 2.51. The van der Waals surface area contributed by atoms with Crippen molar-refractivity contribution in [3.8, 4) is 0 Å². The molecular weight excluding hydrogens is 232 g/mol. The third kappa shape index (κ3) is 6.20. The maximum absolute atomic E-state index is 4.40. The standard InChI is InChI=1S/C11H15N.C6H15N/c1-2-6-10(7-3-1)11-8-4-5-9-12-11;1-4-7(5-2)6-3/h4-5,8-10H,1-3,6-7H2;4-6H2,1-3H3. The van der Waals surface area contributed by atoms with Crippen molar-refractivity contribution in [2.45, 2.75) is 58.8 Å². The largest absolute Gasteiger partial charge is 0.304 e. The molecule has 0 radical (unpaired) electrons. The number of hydrogen-bond donors (Lipinski definition) is 0. The van der Waals surface area contributed by atoms with E-state index in [2.05, 4.69) is 42.8 Å². The summed E-state index contributed by atoms with van der Waals surface area (Å²) in [6, 6.07) is 6.25. The lowest BCUT2D eigenvalue weighted by atomic mass is 9.87. The van der Waals surface area contributed by atoms with E-state index in [1.807, 2.05) is 12.3 Å². The Bertz CT molecular complexity index is 295. The van der Waals surface area contributed by atoms with Crippen molar-refractivity contribution in [2.24, 2.45) is 0 Å². The van der Waals surface area contributed by atoms with Gasteiger partial charge in [-0.05, 0) is 44.6 Å². The second-order valence-corrected chi connectivity index (χ2v) is 5.21. The minimum Gasteiger partial charge on any atom is -0.304 e. The van der Waals surface area contributed by atoms with Crippen LogP contribution in [0, 0.1) is 0 Å². The van der Waals surface area contributed by atoms with Crippen LogP contribution < -0.4 is 0 Å². The maximum Gasteiger partial charge on any atom is 0.0434 e. The number of hydrogen-bond acceptors (Lipinski definition) is 2. The Balaban J connectivity index is 0.000000224. The van der Waals surface area contributed by atoms with Gasteiger partial charge in [0.1, 0.15) is 0 Å². The number of aromatic nitrogens is 1. The molecule has 108 valence electrons. The molecule has 1 aliphatic rings. The molecule has 0 bridgehead atoms. The van der Waals surface area contributed by atoms with Crippen LogP contribution in [0.15, 0.2) is 24.4 Å². The lowest BCUT2D eigenvalue weighted by molar-refractivity contribution is 0.321. The van der Waals surface area contributed by atoms with Gasteiger partial charge >= 0.3 is 0 Å². The predicted octanol–water partition coefficient (Wildman–Crippen LogP) is 4.48. The van der Waals surface area contributed by atoms with E-state index in [4.69, 9.17) is 0 Å². The van der Waals surface area contributed by atoms with Crippen LogP contribution >= 0.6 is 0 Å². The summed E-state index contributed by atoms with van der Waals surface area (Å²) in [5, 5.41) is 0. The van der Waals surface area contributed by atoms with Gasteiger partial charge in [0.2, 0.25) is 0 Å². The maximum atomic E-state index is 4.40. The highest BCUT2D eigenvalue weighted by Crippen LogP contribution is 2.30. The summed E-state index contributed by atoms with van der Waals surface area (Å²) in [6.07, 6.45) is 8.80. The molecule has 1 fully saturated rings. The molecule has 1 heterocycles. The van der Waals surface area contributed by atoms with Gasteiger partial charge in [0.15, 0.2) is 0 Å². The molecule has 0 aliphatic heterocycles. The van der Waals surface area contributed by atoms with Crippen molar-refractivity contribution in [3.63, 3.8) is 0 Å². The van der Waals surface area contributed by atoms with Crippen molar-refractivity contribution in [1.29, 1.82) is 0 Å². The molecule has 2 nitrogen and oxygen atoms in total. The van der Waals surface area contributed by atoms with E-state index in [-0.39, 0.29) is 0 Å². The lowest BCUT2D eigenvalue weighted by Gasteiger charge is -2.20. The van der Waals surface area contributed by atoms with Crippen LogP contribution in [0.4, 0.5) is 0 Å². The van der Waals surface area contributed by atoms with Crippen molar-refractivity contribution in [2.75, 3.05) is 19.6 Å². The Kier molecular flexibility index (Phi) is 8.48. The first-order valence-electron chi connectivity index (χ1n) is 7.95. The van der Waals surface area contributed by atoms with E-state index in [1.54, 1.807) is 0 Å². The Hall–Kier alpha value is -0.890. The highest BCUT2D eigenvalue weighted by Gasteiger charge is 2.15. The van der Waals surface area contributed by atoms with Gasteiger partial charge in [-0.15, -0.1) is 0 Å². The fourth-order valence-electron chi connectivity index (χ4n) is 2.69. The van der Waals surface area contributed by atoms with Crippen molar-refractivity contribution < 1.29 is 0 Å². The Labute approximate surface area is 119 Å². The van der Waals surface area contributed by atoms with Gasteiger partial charge in [-0.3, -0.25) is 4.98 Å². The molecule has 0 amide bonds. The minimum absolute atomic E-state index is 0.750. The van der Waals surface area contributed by atoms with E-state index in [0.29, 0.717) is 0 Å². The molecule has 1 saturated carbocycles. The molecule has 2 rings (SSSR count). The smallest absolute Gasteiger partial charge is 0.0434 e. The summed E-state index contributed by atoms with van der Waals surface area (Å²) in [5.41, 5.74) is 1.30. The summed E-state index contributed by atoms with van der Waals surface area (Å²) in [4.78, 5) is 6.78. The third-order valence-corrected chi connectivity index (χ3v) is 4.05. The van der Waals surface area contributed by atoms with Gasteiger partial charge in [0.05, 0.1) is 0 Å². The summed E-state index contributed by atoms with van der Waals surface area (Å²) in [5.74, 6) is 0.750. The molecule has 0 saturated heterocycles. The zero-order chi connectivity index (χ0) is 13.9. The molecule has 1 aromatic rings. The molecule has 0 unspecified atom stereocenters. The molecular formula is C17H30N2. The Morgan fingerprint density at radius 1 is 1.00 bits per heavy atom. The van der Waals surface area contributed by atoms with Gasteiger partial charge in [-0.2, -0.15) is 0 Å². The molecule has 1 aliphatic carbocycles. The first-order valence-corrected chi connectivity index (χ1v) is 7.95. The normalized spacial score (nSPS) is 16.0. The van der Waals surface area contributed by atoms with Gasteiger partial charge in [0.25, 0.3) is 0 Å². The molecule has 0 N–H and O–H groups in total. The summed E-state index contributed by atoms with van der Waals surface area (Å²) in [6.45, 7) is 10.1. The van der Waals surface area contributed by atoms with Crippen LogP contribution in [0.2, 0.25) is 0 Å². The third-order valence-electron chi connectivity index (χ3n) is 4.05. The highest BCUT2D eigenvalue weighted by molar-refractivity contribution is 5.09. The van der Waals surface area contributed by atoms with E-state index in [0.717, 1.165) is 5.92 Å². The van der Waals surface area contributed by atoms with Crippen LogP contribution in [0.1, 0.15) is 64.5 Å². The summed E-state index contributed by atoms with van der Waals surface area (Å²) in [7, 11) is 0. The lowest BCUT2D eigenvalue weighted by Crippen LogP contribution is -2.21. The van der Waals surface area contributed by atoms with Crippen LogP contribution in [-0.2, 0) is 0 Å². The molecule has 0 atom stereocenters. The molecule has 19 heavy (non-hydrogen) atoms. The number of nitrogens with zero attached hydrogens (tertiary/aromatic N) is 2. The van der Waals surface area contributed by atoms with E-state index in [1.165, 1.54) is 57.4 Å². The fourth-order valence-corrected chi connectivity index (χ4v) is 2.69. The number of pyridine rings is 1. The Morgan fingerprint density at radius 3 is 2.05 bits per heavy atom. The van der Waals surface area contributed by atoms with Crippen LogP contribution in [0.25, 0.3) is 0 Å². The van der Waals surface area contributed by atoms with Gasteiger partial charge in [0, 0.05) is 17.8 Å². The molecule has 2 heteroatoms. The Morgan fingerprint density at radius 2 is 1.63 bits per heavy atom. The first kappa shape index (κ1) is 16.2. The van der Waals surface area contributed by atoms with Crippen LogP contribution in [0.5, 0.6) is 0 Å². The predicted molar refractivity (Wildman–Crippen MR) is 83.5 cm³/mol. The molecule has 1 aromatic heterocycles. The number of rotatable bonds is 4. The molecule has 0 spiro atoms. The first-order chi connectivity index (χ1) is 9.31. The van der Waals surface area contributed by atoms with Crippen molar-refractivity contribution >= 4 is 0 Å². The van der Waals surface area contributed by atoms with Crippen molar-refractivity contribution in [3.05, 3.63) is 30.1 Å². The van der Waals surface area contributed by atoms with Crippen LogP contribution in [-0.4, -0.2) is 29.5 Å².